The molecule has 1 atom stereocenters. The topological polar surface area (TPSA) is 62.6 Å². The molecular formula is C25H28N2O3S. The van der Waals surface area contributed by atoms with E-state index < -0.39 is 6.04 Å². The minimum Gasteiger partial charge on any atom is -0.464 e. The molecule has 1 aliphatic rings. The molecule has 5 nitrogen and oxygen atoms in total. The summed E-state index contributed by atoms with van der Waals surface area (Å²) in [6.07, 6.45) is 4.48. The van der Waals surface area contributed by atoms with E-state index >= 15 is 0 Å². The first kappa shape index (κ1) is 21.4. The molecule has 2 heterocycles. The standard InChI is InChI=1S/C25H28N2O3S/c1-18-13-14-22(30-18)24(25(29)26-20-10-5-6-11-20)27(17-19-8-3-2-4-9-19)23(28)16-21-12-7-15-31-21/h2-4,7-9,12-15,20,24H,5-6,10-11,16-17H2,1H3,(H,26,29)/t24-/m0/s1. The Morgan fingerprint density at radius 1 is 1.10 bits per heavy atom. The molecule has 1 N–H and O–H groups in total. The van der Waals surface area contributed by atoms with Crippen molar-refractivity contribution in [1.29, 1.82) is 0 Å². The molecule has 2 amide bonds. The zero-order chi connectivity index (χ0) is 21.6. The van der Waals surface area contributed by atoms with Gasteiger partial charge in [0, 0.05) is 17.5 Å². The van der Waals surface area contributed by atoms with E-state index in [1.165, 1.54) is 0 Å². The van der Waals surface area contributed by atoms with Crippen molar-refractivity contribution in [1.82, 2.24) is 10.2 Å². The smallest absolute Gasteiger partial charge is 0.250 e. The number of furan rings is 1. The molecule has 0 saturated heterocycles. The van der Waals surface area contributed by atoms with E-state index in [-0.39, 0.29) is 24.3 Å². The highest BCUT2D eigenvalue weighted by molar-refractivity contribution is 7.10. The summed E-state index contributed by atoms with van der Waals surface area (Å²) in [6.45, 7) is 2.19. The van der Waals surface area contributed by atoms with Crippen LogP contribution in [0.25, 0.3) is 0 Å². The van der Waals surface area contributed by atoms with Crippen LogP contribution in [-0.2, 0) is 22.6 Å². The van der Waals surface area contributed by atoms with Crippen LogP contribution < -0.4 is 5.32 Å². The highest BCUT2D eigenvalue weighted by Crippen LogP contribution is 2.28. The lowest BCUT2D eigenvalue weighted by Gasteiger charge is -2.31. The van der Waals surface area contributed by atoms with E-state index in [4.69, 9.17) is 4.42 Å². The van der Waals surface area contributed by atoms with Gasteiger partial charge in [-0.05, 0) is 48.9 Å². The minimum absolute atomic E-state index is 0.0908. The van der Waals surface area contributed by atoms with Gasteiger partial charge in [-0.3, -0.25) is 9.59 Å². The Kier molecular flexibility index (Phi) is 6.87. The van der Waals surface area contributed by atoms with Crippen molar-refractivity contribution in [2.75, 3.05) is 0 Å². The van der Waals surface area contributed by atoms with Gasteiger partial charge in [-0.2, -0.15) is 0 Å². The molecule has 4 rings (SSSR count). The second-order valence-corrected chi connectivity index (χ2v) is 9.14. The zero-order valence-electron chi connectivity index (χ0n) is 17.8. The maximum atomic E-state index is 13.5. The first-order valence-corrected chi connectivity index (χ1v) is 11.7. The number of carbonyl (C=O) groups excluding carboxylic acids is 2. The summed E-state index contributed by atoms with van der Waals surface area (Å²) in [5, 5.41) is 5.14. The van der Waals surface area contributed by atoms with Gasteiger partial charge >= 0.3 is 0 Å². The van der Waals surface area contributed by atoms with Gasteiger partial charge in [0.2, 0.25) is 5.91 Å². The predicted molar refractivity (Wildman–Crippen MR) is 122 cm³/mol. The molecule has 3 aromatic rings. The third-order valence-corrected chi connectivity index (χ3v) is 6.59. The van der Waals surface area contributed by atoms with Crippen LogP contribution in [0.15, 0.2) is 64.4 Å². The number of rotatable bonds is 8. The van der Waals surface area contributed by atoms with E-state index in [2.05, 4.69) is 5.32 Å². The minimum atomic E-state index is -0.804. The van der Waals surface area contributed by atoms with Gasteiger partial charge in [-0.15, -0.1) is 11.3 Å². The van der Waals surface area contributed by atoms with Crippen molar-refractivity contribution >= 4 is 23.2 Å². The van der Waals surface area contributed by atoms with Crippen molar-refractivity contribution in [2.24, 2.45) is 0 Å². The van der Waals surface area contributed by atoms with Gasteiger partial charge in [0.25, 0.3) is 5.91 Å². The molecule has 31 heavy (non-hydrogen) atoms. The van der Waals surface area contributed by atoms with Gasteiger partial charge in [-0.25, -0.2) is 0 Å². The first-order valence-electron chi connectivity index (χ1n) is 10.8. The fourth-order valence-electron chi connectivity index (χ4n) is 4.14. The molecule has 6 heteroatoms. The van der Waals surface area contributed by atoms with Crippen LogP contribution in [0, 0.1) is 6.92 Å². The van der Waals surface area contributed by atoms with Crippen molar-refractivity contribution in [3.8, 4) is 0 Å². The number of thiophene rings is 1. The van der Waals surface area contributed by atoms with Gasteiger partial charge < -0.3 is 14.6 Å². The molecule has 1 aromatic carbocycles. The maximum Gasteiger partial charge on any atom is 0.250 e. The van der Waals surface area contributed by atoms with Crippen molar-refractivity contribution in [3.63, 3.8) is 0 Å². The molecule has 1 aliphatic carbocycles. The zero-order valence-corrected chi connectivity index (χ0v) is 18.6. The summed E-state index contributed by atoms with van der Waals surface area (Å²) in [6, 6.07) is 16.7. The maximum absolute atomic E-state index is 13.5. The molecule has 0 spiro atoms. The molecule has 2 aromatic heterocycles. The van der Waals surface area contributed by atoms with Crippen LogP contribution in [0.1, 0.15) is 53.7 Å². The van der Waals surface area contributed by atoms with Crippen molar-refractivity contribution < 1.29 is 14.0 Å². The fraction of sp³-hybridized carbons (Fsp3) is 0.360. The number of carbonyl (C=O) groups is 2. The number of amides is 2. The quantitative estimate of drug-likeness (QED) is 0.539. The molecule has 0 radical (unpaired) electrons. The highest BCUT2D eigenvalue weighted by Gasteiger charge is 2.35. The summed E-state index contributed by atoms with van der Waals surface area (Å²) in [5.41, 5.74) is 0.976. The van der Waals surface area contributed by atoms with Crippen molar-refractivity contribution in [3.05, 3.63) is 81.9 Å². The second kappa shape index (κ2) is 9.96. The molecule has 162 valence electrons. The Morgan fingerprint density at radius 2 is 1.87 bits per heavy atom. The van der Waals surface area contributed by atoms with Crippen LogP contribution in [0.4, 0.5) is 0 Å². The van der Waals surface area contributed by atoms with Gasteiger partial charge in [-0.1, -0.05) is 49.2 Å². The average molecular weight is 437 g/mol. The van der Waals surface area contributed by atoms with Crippen LogP contribution >= 0.6 is 11.3 Å². The SMILES string of the molecule is Cc1ccc([C@@H](C(=O)NC2CCCC2)N(Cc2ccccc2)C(=O)Cc2cccs2)o1. The Morgan fingerprint density at radius 3 is 2.52 bits per heavy atom. The average Bonchev–Trinajstić information content (AvgIpc) is 3.53. The Hall–Kier alpha value is -2.86. The van der Waals surface area contributed by atoms with E-state index in [0.717, 1.165) is 41.9 Å². The monoisotopic (exact) mass is 436 g/mol. The van der Waals surface area contributed by atoms with Gasteiger partial charge in [0.05, 0.1) is 6.42 Å². The predicted octanol–water partition coefficient (Wildman–Crippen LogP) is 5.02. The number of benzene rings is 1. The number of hydrogen-bond donors (Lipinski definition) is 1. The summed E-state index contributed by atoms with van der Waals surface area (Å²) in [5.74, 6) is 0.964. The summed E-state index contributed by atoms with van der Waals surface area (Å²) < 4.78 is 5.88. The summed E-state index contributed by atoms with van der Waals surface area (Å²) >= 11 is 1.55. The number of hydrogen-bond acceptors (Lipinski definition) is 4. The summed E-state index contributed by atoms with van der Waals surface area (Å²) in [4.78, 5) is 29.6. The van der Waals surface area contributed by atoms with Gasteiger partial charge in [0.15, 0.2) is 6.04 Å². The Balaban J connectivity index is 1.66. The van der Waals surface area contributed by atoms with Crippen LogP contribution in [0.2, 0.25) is 0 Å². The Bertz CT molecular complexity index is 991. The van der Waals surface area contributed by atoms with Gasteiger partial charge in [0.1, 0.15) is 11.5 Å². The lowest BCUT2D eigenvalue weighted by atomic mass is 10.1. The molecular weight excluding hydrogens is 408 g/mol. The fourth-order valence-corrected chi connectivity index (χ4v) is 4.84. The Labute approximate surface area is 187 Å². The summed E-state index contributed by atoms with van der Waals surface area (Å²) in [7, 11) is 0. The van der Waals surface area contributed by atoms with Crippen LogP contribution in [0.5, 0.6) is 0 Å². The number of nitrogens with one attached hydrogen (secondary N) is 1. The lowest BCUT2D eigenvalue weighted by Crippen LogP contribution is -2.46. The van der Waals surface area contributed by atoms with Crippen LogP contribution in [-0.4, -0.2) is 22.8 Å². The van der Waals surface area contributed by atoms with E-state index in [9.17, 15) is 9.59 Å². The molecule has 0 unspecified atom stereocenters. The highest BCUT2D eigenvalue weighted by atomic mass is 32.1. The lowest BCUT2D eigenvalue weighted by molar-refractivity contribution is -0.142. The number of nitrogens with zero attached hydrogens (tertiary/aromatic N) is 1. The third-order valence-electron chi connectivity index (χ3n) is 5.71. The third kappa shape index (κ3) is 5.44. The normalized spacial score (nSPS) is 15.0. The van der Waals surface area contributed by atoms with Crippen LogP contribution in [0.3, 0.4) is 0 Å². The molecule has 0 aliphatic heterocycles. The largest absolute Gasteiger partial charge is 0.464 e. The molecule has 1 saturated carbocycles. The van der Waals surface area contributed by atoms with E-state index in [0.29, 0.717) is 12.3 Å². The first-order chi connectivity index (χ1) is 15.1. The van der Waals surface area contributed by atoms with Crippen molar-refractivity contribution in [2.45, 2.75) is 57.7 Å². The second-order valence-electron chi connectivity index (χ2n) is 8.10. The van der Waals surface area contributed by atoms with E-state index in [1.54, 1.807) is 16.2 Å². The molecule has 1 fully saturated rings. The van der Waals surface area contributed by atoms with E-state index in [1.807, 2.05) is 66.9 Å². The number of aryl methyl sites for hydroxylation is 1. The molecule has 0 bridgehead atoms.